The van der Waals surface area contributed by atoms with Crippen molar-refractivity contribution < 1.29 is 6.11 Å². The van der Waals surface area contributed by atoms with Gasteiger partial charge in [-0.15, -0.1) is 0 Å². The number of aromatic nitrogens is 6. The number of rotatable bonds is 4. The highest BCUT2D eigenvalue weighted by Crippen LogP contribution is 2.18. The molecule has 0 saturated carbocycles. The second-order valence-electron chi connectivity index (χ2n) is 4.09. The third-order valence-electron chi connectivity index (χ3n) is 2.83. The van der Waals surface area contributed by atoms with Crippen molar-refractivity contribution in [3.63, 3.8) is 0 Å². The van der Waals surface area contributed by atoms with Gasteiger partial charge in [0.1, 0.15) is 6.61 Å². The fourth-order valence-electron chi connectivity index (χ4n) is 1.76. The fraction of sp³-hybridized carbons (Fsp3) is 0.273. The van der Waals surface area contributed by atoms with Crippen molar-refractivity contribution >= 4 is 11.3 Å². The Labute approximate surface area is 119 Å². The highest BCUT2D eigenvalue weighted by atomic mass is 32.1. The average molecular weight is 294 g/mol. The van der Waals surface area contributed by atoms with Crippen LogP contribution in [0.5, 0.6) is 5.19 Å². The second kappa shape index (κ2) is 4.93. The molecule has 3 aromatic rings. The molecule has 0 fully saturated rings. The van der Waals surface area contributed by atoms with Gasteiger partial charge in [-0.1, -0.05) is 11.3 Å². The number of aryl methyl sites for hydroxylation is 2. The predicted octanol–water partition coefficient (Wildman–Crippen LogP) is 0.340. The summed E-state index contributed by atoms with van der Waals surface area (Å²) in [6.07, 6.45) is 1.99. The molecule has 0 unspecified atom stereocenters. The van der Waals surface area contributed by atoms with E-state index in [2.05, 4.69) is 15.4 Å². The van der Waals surface area contributed by atoms with Crippen LogP contribution in [0.4, 0.5) is 0 Å². The van der Waals surface area contributed by atoms with E-state index >= 15 is 0 Å². The lowest BCUT2D eigenvalue weighted by atomic mass is 10.4. The topological polar surface area (TPSA) is 79.8 Å². The molecular formula is C11H12N6O2S. The van der Waals surface area contributed by atoms with Crippen molar-refractivity contribution in [2.24, 2.45) is 14.1 Å². The summed E-state index contributed by atoms with van der Waals surface area (Å²) >= 11 is 1.26. The molecule has 3 rings (SSSR count). The molecule has 0 saturated heterocycles. The van der Waals surface area contributed by atoms with Crippen LogP contribution in [0.2, 0.25) is 0 Å². The summed E-state index contributed by atoms with van der Waals surface area (Å²) in [4.78, 5) is 15.8. The number of hydrogen-bond donors (Lipinski definition) is 0. The number of ether oxygens (including phenoxy) is 1. The minimum Gasteiger partial charge on any atom is -0.464 e. The Hall–Kier alpha value is -2.42. The van der Waals surface area contributed by atoms with Gasteiger partial charge in [0.25, 0.3) is 5.19 Å². The fourth-order valence-corrected chi connectivity index (χ4v) is 2.20. The van der Waals surface area contributed by atoms with Crippen LogP contribution in [0.15, 0.2) is 28.6 Å². The number of nitrogens with zero attached hydrogens (tertiary/aromatic N) is 6. The Morgan fingerprint density at radius 3 is 2.95 bits per heavy atom. The van der Waals surface area contributed by atoms with Crippen LogP contribution in [0.3, 0.4) is 0 Å². The molecule has 0 atom stereocenters. The second-order valence-corrected chi connectivity index (χ2v) is 4.91. The number of thiazole rings is 1. The molecule has 3 heterocycles. The van der Waals surface area contributed by atoms with Gasteiger partial charge < -0.3 is 9.30 Å². The van der Waals surface area contributed by atoms with Crippen LogP contribution in [0.25, 0.3) is 5.69 Å². The third kappa shape index (κ3) is 2.11. The molecule has 0 N–H and O–H groups in total. The molecule has 0 aromatic carbocycles. The summed E-state index contributed by atoms with van der Waals surface area (Å²) < 4.78 is 17.1. The quantitative estimate of drug-likeness (QED) is 0.693. The van der Waals surface area contributed by atoms with Crippen molar-refractivity contribution in [1.29, 1.82) is 0 Å². The van der Waals surface area contributed by atoms with Crippen LogP contribution < -0.4 is 10.4 Å². The zero-order valence-corrected chi connectivity index (χ0v) is 11.7. The van der Waals surface area contributed by atoms with Crippen molar-refractivity contribution in [2.45, 2.75) is 6.61 Å². The Kier molecular flexibility index (Phi) is 2.81. The molecule has 104 valence electrons. The molecule has 8 nitrogen and oxygen atoms in total. The number of tetrazole rings is 1. The monoisotopic (exact) mass is 294 g/mol. The molecular weight excluding hydrogens is 280 g/mol. The molecule has 0 aliphatic rings. The molecule has 0 aliphatic carbocycles. The number of hydrogen-bond acceptors (Lipinski definition) is 6. The van der Waals surface area contributed by atoms with Crippen LogP contribution in [0, 0.1) is 0 Å². The summed E-state index contributed by atoms with van der Waals surface area (Å²) in [5, 5.41) is 9.53. The van der Waals surface area contributed by atoms with Gasteiger partial charge in [0.15, 0.2) is 0 Å². The molecule has 0 radical (unpaired) electrons. The first-order chi connectivity index (χ1) is 10.1. The highest BCUT2D eigenvalue weighted by Gasteiger charge is 2.15. The Bertz CT molecular complexity index is 832. The van der Waals surface area contributed by atoms with Gasteiger partial charge in [0.05, 0.1) is 12.8 Å². The van der Waals surface area contributed by atoms with E-state index in [4.69, 9.17) is 6.11 Å². The predicted molar refractivity (Wildman–Crippen MR) is 72.0 cm³/mol. The minimum absolute atomic E-state index is 0.173. The van der Waals surface area contributed by atoms with Crippen molar-refractivity contribution in [3.05, 3.63) is 40.0 Å². The minimum atomic E-state index is -0.329. The van der Waals surface area contributed by atoms with E-state index in [0.717, 1.165) is 10.4 Å². The normalized spacial score (nSPS) is 11.6. The van der Waals surface area contributed by atoms with Crippen LogP contribution >= 0.6 is 11.3 Å². The van der Waals surface area contributed by atoms with E-state index in [1.807, 2.05) is 17.8 Å². The van der Waals surface area contributed by atoms with Gasteiger partial charge in [-0.2, -0.15) is 9.36 Å². The Morgan fingerprint density at radius 1 is 1.45 bits per heavy atom. The lowest BCUT2D eigenvalue weighted by Gasteiger charge is -2.07. The van der Waals surface area contributed by atoms with Gasteiger partial charge in [-0.25, -0.2) is 9.78 Å². The lowest BCUT2D eigenvalue weighted by molar-refractivity contribution is 0.295. The molecule has 0 bridgehead atoms. The smallest absolute Gasteiger partial charge is 0.368 e. The summed E-state index contributed by atoms with van der Waals surface area (Å²) in [6, 6.07) is 1.77. The highest BCUT2D eigenvalue weighted by molar-refractivity contribution is 7.11. The Balaban J connectivity index is 1.90. The first-order valence-electron chi connectivity index (χ1n) is 6.25. The van der Waals surface area contributed by atoms with Gasteiger partial charge in [0, 0.05) is 31.8 Å². The van der Waals surface area contributed by atoms with Gasteiger partial charge in [-0.05, 0) is 16.5 Å². The van der Waals surface area contributed by atoms with Gasteiger partial charge >= 0.3 is 5.69 Å². The maximum Gasteiger partial charge on any atom is 0.368 e. The molecule has 9 heteroatoms. The molecule has 0 spiro atoms. The molecule has 0 aliphatic heterocycles. The van der Waals surface area contributed by atoms with E-state index < -0.39 is 0 Å². The van der Waals surface area contributed by atoms with E-state index in [9.17, 15) is 4.79 Å². The summed E-state index contributed by atoms with van der Waals surface area (Å²) in [5.41, 5.74) is 1.04. The van der Waals surface area contributed by atoms with E-state index in [-0.39, 0.29) is 18.5 Å². The zero-order valence-electron chi connectivity index (χ0n) is 11.8. The van der Waals surface area contributed by atoms with E-state index in [1.54, 1.807) is 11.4 Å². The van der Waals surface area contributed by atoms with Crippen molar-refractivity contribution in [2.75, 3.05) is 0 Å². The van der Waals surface area contributed by atoms with Crippen molar-refractivity contribution in [1.82, 2.24) is 29.3 Å². The standard InChI is InChI=1S/C11H12N6O2S/c1-15-5-3-8(17-11(18)16(2)13-14-17)9(15)7-19-10-12-4-6-20-10/h3-6H,7H2,1-2H3/i4T. The van der Waals surface area contributed by atoms with E-state index in [1.165, 1.54) is 23.1 Å². The SMILES string of the molecule is [3H]c1csc(OCc2c(-n3nnn(C)c3=O)ccn2C)n1. The third-order valence-corrected chi connectivity index (χ3v) is 3.46. The summed E-state index contributed by atoms with van der Waals surface area (Å²) in [5.74, 6) is 0. The maximum atomic E-state index is 11.9. The molecule has 20 heavy (non-hydrogen) atoms. The zero-order chi connectivity index (χ0) is 15.0. The average Bonchev–Trinajstić information content (AvgIpc) is 3.11. The van der Waals surface area contributed by atoms with Crippen LogP contribution in [-0.4, -0.2) is 29.3 Å². The van der Waals surface area contributed by atoms with Gasteiger partial charge in [0.2, 0.25) is 0 Å². The largest absolute Gasteiger partial charge is 0.464 e. The van der Waals surface area contributed by atoms with Crippen LogP contribution in [0.1, 0.15) is 7.06 Å². The van der Waals surface area contributed by atoms with E-state index in [0.29, 0.717) is 10.9 Å². The lowest BCUT2D eigenvalue weighted by Crippen LogP contribution is -2.23. The van der Waals surface area contributed by atoms with Crippen molar-refractivity contribution in [3.8, 4) is 10.9 Å². The van der Waals surface area contributed by atoms with Gasteiger partial charge in [-0.3, -0.25) is 0 Å². The Morgan fingerprint density at radius 2 is 2.30 bits per heavy atom. The first kappa shape index (κ1) is 11.4. The summed E-state index contributed by atoms with van der Waals surface area (Å²) in [6.45, 7) is 0.217. The van der Waals surface area contributed by atoms with Crippen LogP contribution in [-0.2, 0) is 20.7 Å². The maximum absolute atomic E-state index is 11.9. The summed E-state index contributed by atoms with van der Waals surface area (Å²) in [7, 11) is 3.39. The first-order valence-corrected chi connectivity index (χ1v) is 6.62. The molecule has 3 aromatic heterocycles. The molecule has 0 amide bonds.